The summed E-state index contributed by atoms with van der Waals surface area (Å²) in [6.45, 7) is 2.95. The molecule has 2 aliphatic heterocycles. The predicted molar refractivity (Wildman–Crippen MR) is 127 cm³/mol. The van der Waals surface area contributed by atoms with Crippen LogP contribution in [0.1, 0.15) is 28.8 Å². The van der Waals surface area contributed by atoms with Crippen LogP contribution in [0.5, 0.6) is 0 Å². The third-order valence-corrected chi connectivity index (χ3v) is 7.04. The summed E-state index contributed by atoms with van der Waals surface area (Å²) in [6, 6.07) is 15.2. The molecule has 0 aliphatic carbocycles. The number of hydrogen-bond acceptors (Lipinski definition) is 5. The molecule has 3 heterocycles. The number of halogens is 1. The first-order valence-electron chi connectivity index (χ1n) is 10.9. The zero-order chi connectivity index (χ0) is 22.8. The first-order chi connectivity index (χ1) is 16.0. The van der Waals surface area contributed by atoms with E-state index in [4.69, 9.17) is 0 Å². The fraction of sp³-hybridized carbons (Fsp3) is 0.292. The summed E-state index contributed by atoms with van der Waals surface area (Å²) in [5.74, 6) is 0.658. The molecule has 0 radical (unpaired) electrons. The largest absolute Gasteiger partial charge is 0.339 e. The van der Waals surface area contributed by atoms with Crippen molar-refractivity contribution in [1.29, 1.82) is 0 Å². The molecule has 2 amide bonds. The number of benzene rings is 2. The van der Waals surface area contributed by atoms with Gasteiger partial charge in [-0.1, -0.05) is 40.2 Å². The Morgan fingerprint density at radius 1 is 0.970 bits per heavy atom. The molecule has 3 aromatic rings. The fourth-order valence-electron chi connectivity index (χ4n) is 4.50. The van der Waals surface area contributed by atoms with E-state index < -0.39 is 0 Å². The quantitative estimate of drug-likeness (QED) is 0.547. The maximum atomic E-state index is 12.9. The summed E-state index contributed by atoms with van der Waals surface area (Å²) in [5.41, 5.74) is 2.63. The van der Waals surface area contributed by atoms with Gasteiger partial charge in [0.2, 0.25) is 5.91 Å². The molecule has 33 heavy (non-hydrogen) atoms. The van der Waals surface area contributed by atoms with Gasteiger partial charge in [-0.25, -0.2) is 5.10 Å². The third kappa shape index (κ3) is 4.59. The highest BCUT2D eigenvalue weighted by atomic mass is 79.9. The molecule has 0 unspecified atom stereocenters. The molecule has 0 bridgehead atoms. The van der Waals surface area contributed by atoms with E-state index in [0.29, 0.717) is 24.5 Å². The molecule has 2 saturated heterocycles. The third-order valence-electron chi connectivity index (χ3n) is 6.51. The number of piperidine rings is 1. The monoisotopic (exact) mass is 506 g/mol. The van der Waals surface area contributed by atoms with Crippen molar-refractivity contribution >= 4 is 33.8 Å². The van der Waals surface area contributed by atoms with Crippen LogP contribution in [0.15, 0.2) is 59.1 Å². The van der Waals surface area contributed by atoms with Gasteiger partial charge in [-0.05, 0) is 59.2 Å². The first kappa shape index (κ1) is 21.5. The van der Waals surface area contributed by atoms with Crippen molar-refractivity contribution in [2.75, 3.05) is 26.2 Å². The Kier molecular flexibility index (Phi) is 5.80. The number of nitrogens with one attached hydrogen (secondary N) is 1. The second kappa shape index (κ2) is 8.90. The Balaban J connectivity index is 1.12. The van der Waals surface area contributed by atoms with Crippen molar-refractivity contribution in [3.05, 3.63) is 70.2 Å². The van der Waals surface area contributed by atoms with Gasteiger partial charge in [0, 0.05) is 53.3 Å². The minimum atomic E-state index is 0.0387. The van der Waals surface area contributed by atoms with Crippen molar-refractivity contribution < 1.29 is 9.59 Å². The summed E-state index contributed by atoms with van der Waals surface area (Å²) in [6.07, 6.45) is 5.33. The summed E-state index contributed by atoms with van der Waals surface area (Å²) in [7, 11) is 0. The zero-order valence-corrected chi connectivity index (χ0v) is 19.5. The summed E-state index contributed by atoms with van der Waals surface area (Å²) >= 11 is 3.41. The predicted octanol–water partition coefficient (Wildman–Crippen LogP) is 3.41. The summed E-state index contributed by atoms with van der Waals surface area (Å²) < 4.78 is 1.02. The lowest BCUT2D eigenvalue weighted by Crippen LogP contribution is -2.62. The Hall–Kier alpha value is -3.33. The maximum absolute atomic E-state index is 12.9. The van der Waals surface area contributed by atoms with Gasteiger partial charge in [-0.15, -0.1) is 5.10 Å². The zero-order valence-electron chi connectivity index (χ0n) is 17.9. The van der Waals surface area contributed by atoms with Crippen LogP contribution in [0.2, 0.25) is 0 Å². The van der Waals surface area contributed by atoms with Crippen molar-refractivity contribution in [1.82, 2.24) is 30.4 Å². The fourth-order valence-corrected chi connectivity index (χ4v) is 4.77. The van der Waals surface area contributed by atoms with E-state index in [-0.39, 0.29) is 17.2 Å². The van der Waals surface area contributed by atoms with Crippen molar-refractivity contribution in [3.8, 4) is 11.4 Å². The van der Waals surface area contributed by atoms with E-state index in [1.54, 1.807) is 6.08 Å². The number of aromatic nitrogens is 4. The van der Waals surface area contributed by atoms with Crippen molar-refractivity contribution in [3.63, 3.8) is 0 Å². The van der Waals surface area contributed by atoms with E-state index in [2.05, 4.69) is 36.6 Å². The smallest absolute Gasteiger partial charge is 0.253 e. The highest BCUT2D eigenvalue weighted by Crippen LogP contribution is 2.40. The molecule has 0 atom stereocenters. The van der Waals surface area contributed by atoms with Crippen LogP contribution in [0.3, 0.4) is 0 Å². The van der Waals surface area contributed by atoms with Crippen LogP contribution in [0.4, 0.5) is 0 Å². The number of likely N-dealkylation sites (tertiary alicyclic amines) is 2. The molecule has 168 valence electrons. The number of hydrogen-bond donors (Lipinski definition) is 1. The van der Waals surface area contributed by atoms with Gasteiger partial charge in [0.25, 0.3) is 5.91 Å². The molecular weight excluding hydrogens is 484 g/mol. The molecular formula is C24H23BrN6O2. The average molecular weight is 507 g/mol. The topological polar surface area (TPSA) is 95.1 Å². The molecule has 9 heteroatoms. The SMILES string of the molecule is O=C(C=Cc1ccc(Br)cc1)N1CC2(CCN(C(=O)c3ccc(-c4nnn[nH]4)cc3)CC2)C1. The summed E-state index contributed by atoms with van der Waals surface area (Å²) in [4.78, 5) is 29.2. The number of carbonyl (C=O) groups is 2. The van der Waals surface area contributed by atoms with Crippen LogP contribution < -0.4 is 0 Å². The second-order valence-electron chi connectivity index (χ2n) is 8.70. The van der Waals surface area contributed by atoms with Crippen LogP contribution >= 0.6 is 15.9 Å². The minimum absolute atomic E-state index is 0.0387. The lowest BCUT2D eigenvalue weighted by atomic mass is 9.72. The van der Waals surface area contributed by atoms with E-state index in [9.17, 15) is 9.59 Å². The minimum Gasteiger partial charge on any atom is -0.339 e. The Labute approximate surface area is 199 Å². The van der Waals surface area contributed by atoms with Crippen LogP contribution in [0, 0.1) is 5.41 Å². The number of H-pyrrole nitrogens is 1. The molecule has 1 aromatic heterocycles. The highest BCUT2D eigenvalue weighted by Gasteiger charge is 2.46. The van der Waals surface area contributed by atoms with Crippen LogP contribution in [-0.2, 0) is 4.79 Å². The maximum Gasteiger partial charge on any atom is 0.253 e. The Morgan fingerprint density at radius 3 is 2.30 bits per heavy atom. The van der Waals surface area contributed by atoms with Gasteiger partial charge in [0.1, 0.15) is 0 Å². The number of nitrogens with zero attached hydrogens (tertiary/aromatic N) is 5. The van der Waals surface area contributed by atoms with Crippen molar-refractivity contribution in [2.24, 2.45) is 5.41 Å². The normalized spacial score (nSPS) is 17.4. The molecule has 2 fully saturated rings. The average Bonchev–Trinajstić information content (AvgIpc) is 3.37. The number of rotatable bonds is 4. The second-order valence-corrected chi connectivity index (χ2v) is 9.61. The van der Waals surface area contributed by atoms with Gasteiger partial charge in [-0.3, -0.25) is 9.59 Å². The van der Waals surface area contributed by atoms with Gasteiger partial charge < -0.3 is 9.80 Å². The lowest BCUT2D eigenvalue weighted by Gasteiger charge is -2.53. The number of amides is 2. The van der Waals surface area contributed by atoms with Gasteiger partial charge in [0.05, 0.1) is 0 Å². The van der Waals surface area contributed by atoms with Crippen LogP contribution in [0.25, 0.3) is 17.5 Å². The molecule has 0 saturated carbocycles. The van der Waals surface area contributed by atoms with E-state index in [1.807, 2.05) is 64.4 Å². The van der Waals surface area contributed by atoms with Gasteiger partial charge >= 0.3 is 0 Å². The number of carbonyl (C=O) groups excluding carboxylic acids is 2. The molecule has 1 N–H and O–H groups in total. The molecule has 5 rings (SSSR count). The Morgan fingerprint density at radius 2 is 1.67 bits per heavy atom. The van der Waals surface area contributed by atoms with E-state index >= 15 is 0 Å². The summed E-state index contributed by atoms with van der Waals surface area (Å²) in [5, 5.41) is 13.7. The molecule has 1 spiro atoms. The number of aromatic amines is 1. The van der Waals surface area contributed by atoms with Gasteiger partial charge in [0.15, 0.2) is 5.82 Å². The standard InChI is InChI=1S/C24H23BrN6O2/c25-20-8-1-17(2-9-20)3-10-21(32)31-15-24(16-31)11-13-30(14-12-24)23(33)19-6-4-18(5-7-19)22-26-28-29-27-22/h1-10H,11-16H2,(H,26,27,28,29). The number of tetrazole rings is 1. The molecule has 2 aliphatic rings. The lowest BCUT2D eigenvalue weighted by molar-refractivity contribution is -0.140. The van der Waals surface area contributed by atoms with Crippen LogP contribution in [-0.4, -0.2) is 68.4 Å². The highest BCUT2D eigenvalue weighted by molar-refractivity contribution is 9.10. The molecule has 2 aromatic carbocycles. The Bertz CT molecular complexity index is 1160. The van der Waals surface area contributed by atoms with E-state index in [1.165, 1.54) is 0 Å². The van der Waals surface area contributed by atoms with Crippen molar-refractivity contribution in [2.45, 2.75) is 12.8 Å². The van der Waals surface area contributed by atoms with Gasteiger partial charge in [-0.2, -0.15) is 0 Å². The first-order valence-corrected chi connectivity index (χ1v) is 11.7. The molecule has 8 nitrogen and oxygen atoms in total. The van der Waals surface area contributed by atoms with E-state index in [0.717, 1.165) is 41.5 Å².